The zero-order chi connectivity index (χ0) is 10.3. The third-order valence-corrected chi connectivity index (χ3v) is 2.03. The van der Waals surface area contributed by atoms with Crippen LogP contribution in [-0.4, -0.2) is 18.5 Å². The Labute approximate surface area is 81.4 Å². The van der Waals surface area contributed by atoms with E-state index < -0.39 is 0 Å². The fourth-order valence-electron chi connectivity index (χ4n) is 1.01. The minimum atomic E-state index is 0.719. The van der Waals surface area contributed by atoms with Crippen LogP contribution in [0.15, 0.2) is 36.7 Å². The van der Waals surface area contributed by atoms with Crippen molar-refractivity contribution in [2.24, 2.45) is 5.73 Å². The van der Waals surface area contributed by atoms with Crippen LogP contribution in [0.2, 0.25) is 0 Å². The molecule has 13 heavy (non-hydrogen) atoms. The third kappa shape index (κ3) is 4.53. The number of nitrogens with zero attached hydrogens (tertiary/aromatic N) is 1. The molecule has 0 atom stereocenters. The lowest BCUT2D eigenvalue weighted by molar-refractivity contribution is 0.492. The van der Waals surface area contributed by atoms with Gasteiger partial charge < -0.3 is 10.6 Å². The van der Waals surface area contributed by atoms with Crippen molar-refractivity contribution >= 4 is 0 Å². The van der Waals surface area contributed by atoms with E-state index in [1.54, 1.807) is 6.08 Å². The Morgan fingerprint density at radius 3 is 2.62 bits per heavy atom. The van der Waals surface area contributed by atoms with Gasteiger partial charge in [0, 0.05) is 18.4 Å². The zero-order valence-electron chi connectivity index (χ0n) is 8.71. The summed E-state index contributed by atoms with van der Waals surface area (Å²) in [5, 5.41) is 0. The third-order valence-electron chi connectivity index (χ3n) is 2.03. The first kappa shape index (κ1) is 12.0. The Morgan fingerprint density at radius 2 is 2.15 bits per heavy atom. The maximum atomic E-state index is 5.42. The van der Waals surface area contributed by atoms with Crippen molar-refractivity contribution < 1.29 is 0 Å². The maximum absolute atomic E-state index is 5.42. The van der Waals surface area contributed by atoms with Crippen LogP contribution in [-0.2, 0) is 0 Å². The molecule has 0 heterocycles. The Balaban J connectivity index is 4.09. The minimum Gasteiger partial charge on any atom is -0.352 e. The van der Waals surface area contributed by atoms with Gasteiger partial charge in [0.25, 0.3) is 0 Å². The summed E-state index contributed by atoms with van der Waals surface area (Å²) in [4.78, 5) is 2.07. The maximum Gasteiger partial charge on any atom is 0.0142 e. The molecular formula is C11H20N2. The zero-order valence-corrected chi connectivity index (χ0v) is 8.71. The van der Waals surface area contributed by atoms with Gasteiger partial charge >= 0.3 is 0 Å². The SMILES string of the molecule is C=C/C=C(/C)N(C)C(=C)CCCN. The van der Waals surface area contributed by atoms with Gasteiger partial charge in [-0.3, -0.25) is 0 Å². The summed E-state index contributed by atoms with van der Waals surface area (Å²) < 4.78 is 0. The number of hydrogen-bond donors (Lipinski definition) is 1. The summed E-state index contributed by atoms with van der Waals surface area (Å²) >= 11 is 0. The van der Waals surface area contributed by atoms with Crippen molar-refractivity contribution in [3.63, 3.8) is 0 Å². The fraction of sp³-hybridized carbons (Fsp3) is 0.455. The van der Waals surface area contributed by atoms with Crippen molar-refractivity contribution in [2.75, 3.05) is 13.6 Å². The van der Waals surface area contributed by atoms with Gasteiger partial charge in [0.1, 0.15) is 0 Å². The second-order valence-corrected chi connectivity index (χ2v) is 3.06. The van der Waals surface area contributed by atoms with E-state index in [4.69, 9.17) is 5.73 Å². The first-order valence-electron chi connectivity index (χ1n) is 4.54. The molecule has 0 aliphatic rings. The van der Waals surface area contributed by atoms with Crippen molar-refractivity contribution in [1.82, 2.24) is 4.90 Å². The topological polar surface area (TPSA) is 29.3 Å². The first-order valence-corrected chi connectivity index (χ1v) is 4.54. The summed E-state index contributed by atoms with van der Waals surface area (Å²) in [7, 11) is 2.01. The van der Waals surface area contributed by atoms with Gasteiger partial charge in [-0.2, -0.15) is 0 Å². The average molecular weight is 180 g/mol. The van der Waals surface area contributed by atoms with Crippen LogP contribution < -0.4 is 5.73 Å². The molecule has 0 aromatic heterocycles. The lowest BCUT2D eigenvalue weighted by Gasteiger charge is -2.22. The van der Waals surface area contributed by atoms with Gasteiger partial charge in [-0.25, -0.2) is 0 Å². The van der Waals surface area contributed by atoms with Crippen LogP contribution >= 0.6 is 0 Å². The van der Waals surface area contributed by atoms with E-state index in [0.717, 1.165) is 30.8 Å². The Bertz CT molecular complexity index is 204. The molecule has 0 spiro atoms. The highest BCUT2D eigenvalue weighted by Gasteiger charge is 2.01. The van der Waals surface area contributed by atoms with Gasteiger partial charge in [-0.1, -0.05) is 19.2 Å². The second-order valence-electron chi connectivity index (χ2n) is 3.06. The number of nitrogens with two attached hydrogens (primary N) is 1. The monoisotopic (exact) mass is 180 g/mol. The molecule has 0 fully saturated rings. The van der Waals surface area contributed by atoms with E-state index in [-0.39, 0.29) is 0 Å². The van der Waals surface area contributed by atoms with Crippen molar-refractivity contribution in [3.8, 4) is 0 Å². The highest BCUT2D eigenvalue weighted by molar-refractivity contribution is 5.12. The van der Waals surface area contributed by atoms with Gasteiger partial charge in [-0.05, 0) is 32.4 Å². The summed E-state index contributed by atoms with van der Waals surface area (Å²) in [6.45, 7) is 10.4. The van der Waals surface area contributed by atoms with Crippen molar-refractivity contribution in [1.29, 1.82) is 0 Å². The van der Waals surface area contributed by atoms with E-state index in [0.29, 0.717) is 0 Å². The summed E-state index contributed by atoms with van der Waals surface area (Å²) in [6.07, 6.45) is 5.69. The van der Waals surface area contributed by atoms with Crippen LogP contribution in [0.25, 0.3) is 0 Å². The molecule has 0 radical (unpaired) electrons. The number of hydrogen-bond acceptors (Lipinski definition) is 2. The van der Waals surface area contributed by atoms with E-state index in [9.17, 15) is 0 Å². The van der Waals surface area contributed by atoms with Crippen LogP contribution in [0.1, 0.15) is 19.8 Å². The number of rotatable bonds is 6. The molecule has 2 heteroatoms. The lowest BCUT2D eigenvalue weighted by atomic mass is 10.2. The molecule has 0 aromatic rings. The van der Waals surface area contributed by atoms with Crippen LogP contribution in [0, 0.1) is 0 Å². The van der Waals surface area contributed by atoms with E-state index in [1.807, 2.05) is 20.0 Å². The normalized spacial score (nSPS) is 11.2. The van der Waals surface area contributed by atoms with Gasteiger partial charge in [0.2, 0.25) is 0 Å². The molecule has 0 rings (SSSR count). The quantitative estimate of drug-likeness (QED) is 0.635. The predicted molar refractivity (Wildman–Crippen MR) is 59.1 cm³/mol. The molecule has 0 aliphatic heterocycles. The summed E-state index contributed by atoms with van der Waals surface area (Å²) in [6, 6.07) is 0. The average Bonchev–Trinajstić information content (AvgIpc) is 2.13. The number of allylic oxidation sites excluding steroid dienone is 4. The summed E-state index contributed by atoms with van der Waals surface area (Å²) in [5.74, 6) is 0. The molecule has 0 bridgehead atoms. The molecule has 0 saturated carbocycles. The minimum absolute atomic E-state index is 0.719. The molecule has 0 aliphatic carbocycles. The molecule has 0 saturated heterocycles. The molecule has 74 valence electrons. The van der Waals surface area contributed by atoms with Gasteiger partial charge in [0.15, 0.2) is 0 Å². The molecule has 2 N–H and O–H groups in total. The van der Waals surface area contributed by atoms with Crippen molar-refractivity contribution in [3.05, 3.63) is 36.7 Å². The van der Waals surface area contributed by atoms with Crippen molar-refractivity contribution in [2.45, 2.75) is 19.8 Å². The smallest absolute Gasteiger partial charge is 0.0142 e. The van der Waals surface area contributed by atoms with Crippen LogP contribution in [0.3, 0.4) is 0 Å². The highest BCUT2D eigenvalue weighted by atomic mass is 15.1. The molecule has 0 aromatic carbocycles. The van der Waals surface area contributed by atoms with Crippen LogP contribution in [0.4, 0.5) is 0 Å². The predicted octanol–water partition coefficient (Wildman–Crippen LogP) is 2.26. The standard InChI is InChI=1S/C11H20N2/c1-5-7-10(2)13(4)11(3)8-6-9-12/h5,7H,1,3,6,8-9,12H2,2,4H3/b10-7-. The van der Waals surface area contributed by atoms with Crippen LogP contribution in [0.5, 0.6) is 0 Å². The summed E-state index contributed by atoms with van der Waals surface area (Å²) in [5.41, 5.74) is 7.67. The fourth-order valence-corrected chi connectivity index (χ4v) is 1.01. The lowest BCUT2D eigenvalue weighted by Crippen LogP contribution is -2.15. The van der Waals surface area contributed by atoms with E-state index in [2.05, 4.69) is 18.1 Å². The van der Waals surface area contributed by atoms with Gasteiger partial charge in [-0.15, -0.1) is 0 Å². The highest BCUT2D eigenvalue weighted by Crippen LogP contribution is 2.12. The van der Waals surface area contributed by atoms with E-state index >= 15 is 0 Å². The molecule has 0 unspecified atom stereocenters. The Kier molecular flexibility index (Phi) is 5.98. The Hall–Kier alpha value is -1.02. The second kappa shape index (κ2) is 6.49. The molecule has 0 amide bonds. The molecule has 2 nitrogen and oxygen atoms in total. The first-order chi connectivity index (χ1) is 6.13. The largest absolute Gasteiger partial charge is 0.352 e. The molecular weight excluding hydrogens is 160 g/mol. The van der Waals surface area contributed by atoms with E-state index in [1.165, 1.54) is 0 Å². The van der Waals surface area contributed by atoms with Gasteiger partial charge in [0.05, 0.1) is 0 Å². The Morgan fingerprint density at radius 1 is 1.54 bits per heavy atom.